The molecule has 0 radical (unpaired) electrons. The Morgan fingerprint density at radius 2 is 1.48 bits per heavy atom. The minimum absolute atomic E-state index is 0.00247. The Morgan fingerprint density at radius 1 is 0.957 bits per heavy atom. The summed E-state index contributed by atoms with van der Waals surface area (Å²) in [6.45, 7) is 6.97. The Balaban J connectivity index is 2.37. The molecule has 0 saturated heterocycles. The molecule has 0 aliphatic rings. The normalized spacial score (nSPS) is 13.1. The third-order valence-corrected chi connectivity index (χ3v) is 4.06. The molecule has 1 aromatic rings. The van der Waals surface area contributed by atoms with Gasteiger partial charge in [0.2, 0.25) is 0 Å². The highest BCUT2D eigenvalue weighted by molar-refractivity contribution is 6.27. The lowest BCUT2D eigenvalue weighted by atomic mass is 10.1. The maximum atomic E-state index is 12.5. The molecule has 0 aromatic heterocycles. The van der Waals surface area contributed by atoms with Gasteiger partial charge in [0, 0.05) is 0 Å². The van der Waals surface area contributed by atoms with Gasteiger partial charge in [-0.1, -0.05) is 12.1 Å². The summed E-state index contributed by atoms with van der Waals surface area (Å²) in [6.07, 6.45) is -3.59. The third kappa shape index (κ3) is 8.50. The van der Waals surface area contributed by atoms with E-state index in [0.29, 0.717) is 6.42 Å². The van der Waals surface area contributed by atoms with Crippen LogP contribution in [0.1, 0.15) is 38.8 Å². The SMILES string of the molecule is CC(C)OC(O[SiH2]CCc1ccc(C(F)(F)F)cc1)OC(C)C. The Bertz CT molecular complexity index is 437. The van der Waals surface area contributed by atoms with Crippen LogP contribution in [0.3, 0.4) is 0 Å². The van der Waals surface area contributed by atoms with Crippen molar-refractivity contribution in [3.8, 4) is 0 Å². The lowest BCUT2D eigenvalue weighted by molar-refractivity contribution is -0.275. The van der Waals surface area contributed by atoms with Gasteiger partial charge in [-0.05, 0) is 57.9 Å². The summed E-state index contributed by atoms with van der Waals surface area (Å²) in [5.74, 6) is 0. The van der Waals surface area contributed by atoms with Crippen LogP contribution in [0, 0.1) is 0 Å². The molecular weight excluding hydrogens is 325 g/mol. The first-order valence-corrected chi connectivity index (χ1v) is 9.35. The molecule has 0 atom stereocenters. The number of rotatable bonds is 9. The van der Waals surface area contributed by atoms with Gasteiger partial charge in [-0.2, -0.15) is 13.2 Å². The minimum atomic E-state index is -4.29. The van der Waals surface area contributed by atoms with Crippen molar-refractivity contribution in [2.75, 3.05) is 0 Å². The molecule has 0 saturated carbocycles. The Labute approximate surface area is 138 Å². The molecular formula is C16H25F3O3Si. The van der Waals surface area contributed by atoms with E-state index < -0.39 is 28.0 Å². The van der Waals surface area contributed by atoms with Crippen molar-refractivity contribution in [2.24, 2.45) is 0 Å². The van der Waals surface area contributed by atoms with E-state index in [4.69, 9.17) is 13.9 Å². The van der Waals surface area contributed by atoms with Gasteiger partial charge in [0.1, 0.15) is 0 Å². The molecule has 0 fully saturated rings. The van der Waals surface area contributed by atoms with Crippen molar-refractivity contribution in [3.63, 3.8) is 0 Å². The summed E-state index contributed by atoms with van der Waals surface area (Å²) < 4.78 is 54.2. The fourth-order valence-corrected chi connectivity index (χ4v) is 2.94. The van der Waals surface area contributed by atoms with Crippen molar-refractivity contribution in [1.82, 2.24) is 0 Å². The third-order valence-electron chi connectivity index (χ3n) is 2.91. The minimum Gasteiger partial charge on any atom is -0.379 e. The van der Waals surface area contributed by atoms with Gasteiger partial charge in [0.05, 0.1) is 17.8 Å². The Hall–Kier alpha value is -0.893. The molecule has 132 valence electrons. The molecule has 0 spiro atoms. The number of aryl methyl sites for hydroxylation is 1. The lowest BCUT2D eigenvalue weighted by Crippen LogP contribution is -2.28. The summed E-state index contributed by atoms with van der Waals surface area (Å²) in [4.78, 5) is 0. The van der Waals surface area contributed by atoms with Crippen molar-refractivity contribution >= 4 is 9.76 Å². The molecule has 23 heavy (non-hydrogen) atoms. The van der Waals surface area contributed by atoms with Gasteiger partial charge in [0.25, 0.3) is 6.48 Å². The summed E-state index contributed by atoms with van der Waals surface area (Å²) in [7, 11) is -0.875. The number of hydrogen-bond acceptors (Lipinski definition) is 3. The Kier molecular flexibility index (Phi) is 8.25. The van der Waals surface area contributed by atoms with E-state index in [0.717, 1.165) is 23.7 Å². The molecule has 0 unspecified atom stereocenters. The van der Waals surface area contributed by atoms with Crippen molar-refractivity contribution < 1.29 is 27.1 Å². The highest BCUT2D eigenvalue weighted by atomic mass is 28.2. The summed E-state index contributed by atoms with van der Waals surface area (Å²) >= 11 is 0. The van der Waals surface area contributed by atoms with Gasteiger partial charge in [-0.15, -0.1) is 0 Å². The summed E-state index contributed by atoms with van der Waals surface area (Å²) in [5.41, 5.74) is 0.255. The summed E-state index contributed by atoms with van der Waals surface area (Å²) in [6, 6.07) is 6.08. The van der Waals surface area contributed by atoms with E-state index in [1.807, 2.05) is 27.7 Å². The zero-order chi connectivity index (χ0) is 17.5. The summed E-state index contributed by atoms with van der Waals surface area (Å²) in [5, 5.41) is 0. The number of alkyl halides is 3. The molecule has 3 nitrogen and oxygen atoms in total. The molecule has 0 heterocycles. The predicted octanol–water partition coefficient (Wildman–Crippen LogP) is 3.90. The van der Waals surface area contributed by atoms with Crippen LogP contribution in [0.4, 0.5) is 13.2 Å². The lowest BCUT2D eigenvalue weighted by Gasteiger charge is -2.23. The average Bonchev–Trinajstić information content (AvgIpc) is 2.41. The quantitative estimate of drug-likeness (QED) is 0.384. The standard InChI is InChI=1S/C16H25F3O3Si/c1-11(2)20-15(21-12(3)4)22-23-10-9-13-5-7-14(8-6-13)16(17,18)19/h5-8,11-12,15H,9-10,23H2,1-4H3. The number of hydrogen-bond donors (Lipinski definition) is 0. The molecule has 1 aromatic carbocycles. The van der Waals surface area contributed by atoms with E-state index in [2.05, 4.69) is 0 Å². The second kappa shape index (κ2) is 9.41. The first-order valence-electron chi connectivity index (χ1n) is 7.77. The zero-order valence-corrected chi connectivity index (χ0v) is 15.4. The predicted molar refractivity (Wildman–Crippen MR) is 85.8 cm³/mol. The van der Waals surface area contributed by atoms with Crippen LogP contribution in [-0.4, -0.2) is 28.4 Å². The van der Waals surface area contributed by atoms with Crippen LogP contribution in [0.5, 0.6) is 0 Å². The van der Waals surface area contributed by atoms with Gasteiger partial charge >= 0.3 is 6.18 Å². The average molecular weight is 350 g/mol. The topological polar surface area (TPSA) is 27.7 Å². The van der Waals surface area contributed by atoms with E-state index in [1.54, 1.807) is 0 Å². The second-order valence-corrected chi connectivity index (χ2v) is 7.28. The van der Waals surface area contributed by atoms with Crippen LogP contribution in [0.2, 0.25) is 6.04 Å². The van der Waals surface area contributed by atoms with Gasteiger partial charge < -0.3 is 13.9 Å². The fraction of sp³-hybridized carbons (Fsp3) is 0.625. The smallest absolute Gasteiger partial charge is 0.379 e. The van der Waals surface area contributed by atoms with Crippen LogP contribution in [0.15, 0.2) is 24.3 Å². The van der Waals surface area contributed by atoms with E-state index in [-0.39, 0.29) is 12.2 Å². The van der Waals surface area contributed by atoms with Crippen LogP contribution >= 0.6 is 0 Å². The molecule has 0 amide bonds. The zero-order valence-electron chi connectivity index (χ0n) is 14.0. The fourth-order valence-electron chi connectivity index (χ4n) is 1.87. The first-order chi connectivity index (χ1) is 10.7. The molecule has 0 N–H and O–H groups in total. The first kappa shape index (κ1) is 20.2. The van der Waals surface area contributed by atoms with Crippen LogP contribution in [-0.2, 0) is 26.5 Å². The number of ether oxygens (including phenoxy) is 2. The molecule has 0 aliphatic carbocycles. The van der Waals surface area contributed by atoms with E-state index in [1.165, 1.54) is 12.1 Å². The maximum absolute atomic E-state index is 12.5. The largest absolute Gasteiger partial charge is 0.416 e. The number of halogens is 3. The van der Waals surface area contributed by atoms with Gasteiger partial charge in [-0.3, -0.25) is 0 Å². The van der Waals surface area contributed by atoms with E-state index in [9.17, 15) is 13.2 Å². The number of benzene rings is 1. The van der Waals surface area contributed by atoms with E-state index >= 15 is 0 Å². The van der Waals surface area contributed by atoms with Crippen LogP contribution < -0.4 is 0 Å². The monoisotopic (exact) mass is 350 g/mol. The molecule has 0 aliphatic heterocycles. The van der Waals surface area contributed by atoms with Gasteiger partial charge in [0.15, 0.2) is 9.76 Å². The molecule has 7 heteroatoms. The van der Waals surface area contributed by atoms with Crippen molar-refractivity contribution in [2.45, 2.75) is 65.0 Å². The maximum Gasteiger partial charge on any atom is 0.416 e. The molecule has 1 rings (SSSR count). The Morgan fingerprint density at radius 3 is 1.91 bits per heavy atom. The van der Waals surface area contributed by atoms with Crippen molar-refractivity contribution in [1.29, 1.82) is 0 Å². The second-order valence-electron chi connectivity index (χ2n) is 5.83. The van der Waals surface area contributed by atoms with Crippen molar-refractivity contribution in [3.05, 3.63) is 35.4 Å². The highest BCUT2D eigenvalue weighted by Crippen LogP contribution is 2.29. The van der Waals surface area contributed by atoms with Crippen LogP contribution in [0.25, 0.3) is 0 Å². The molecule has 0 bridgehead atoms. The van der Waals surface area contributed by atoms with Gasteiger partial charge in [-0.25, -0.2) is 0 Å². The highest BCUT2D eigenvalue weighted by Gasteiger charge is 2.29.